The van der Waals surface area contributed by atoms with Crippen molar-refractivity contribution >= 4 is 36.5 Å². The first kappa shape index (κ1) is 26.2. The Morgan fingerprint density at radius 1 is 1.00 bits per heavy atom. The van der Waals surface area contributed by atoms with Gasteiger partial charge in [0.1, 0.15) is 6.73 Å². The van der Waals surface area contributed by atoms with Crippen molar-refractivity contribution in [2.45, 2.75) is 45.3 Å². The molecule has 0 saturated heterocycles. The number of anilines is 1. The fourth-order valence-corrected chi connectivity index (χ4v) is 4.77. The molecular formula is C28H32N4O4Si. The number of benzene rings is 2. The lowest BCUT2D eigenvalue weighted by Crippen LogP contribution is -2.22. The highest BCUT2D eigenvalue weighted by atomic mass is 28.3. The number of fused-ring (bicyclic) bond motifs is 1. The molecule has 0 saturated carbocycles. The topological polar surface area (TPSA) is 106 Å². The number of aromatic nitrogens is 3. The molecule has 0 spiro atoms. The summed E-state index contributed by atoms with van der Waals surface area (Å²) in [5, 5.41) is 17.1. The molecule has 0 atom stereocenters. The first-order valence-electron chi connectivity index (χ1n) is 12.3. The van der Waals surface area contributed by atoms with Crippen molar-refractivity contribution in [1.82, 2.24) is 14.8 Å². The number of nitrogens with one attached hydrogen (secondary N) is 1. The van der Waals surface area contributed by atoms with Gasteiger partial charge in [0.25, 0.3) is 0 Å². The summed E-state index contributed by atoms with van der Waals surface area (Å²) < 4.78 is 7.82. The molecule has 2 aromatic carbocycles. The number of carboxylic acid groups (broad SMARTS) is 1. The minimum absolute atomic E-state index is 0.196. The van der Waals surface area contributed by atoms with Crippen LogP contribution < -0.4 is 5.32 Å². The molecule has 2 N–H and O–H groups in total. The second kappa shape index (κ2) is 11.5. The van der Waals surface area contributed by atoms with Crippen LogP contribution in [0.5, 0.6) is 0 Å². The van der Waals surface area contributed by atoms with Gasteiger partial charge in [0.2, 0.25) is 0 Å². The molecule has 0 aliphatic carbocycles. The Kier molecular flexibility index (Phi) is 8.15. The summed E-state index contributed by atoms with van der Waals surface area (Å²) in [6.07, 6.45) is 2.08. The minimum Gasteiger partial charge on any atom is -0.465 e. The summed E-state index contributed by atoms with van der Waals surface area (Å²) in [7, 11) is -1.22. The minimum atomic E-state index is -1.22. The molecule has 4 rings (SSSR count). The van der Waals surface area contributed by atoms with Crippen LogP contribution in [0.2, 0.25) is 25.7 Å². The van der Waals surface area contributed by atoms with Gasteiger partial charge in [-0.25, -0.2) is 9.48 Å². The Balaban J connectivity index is 1.62. The van der Waals surface area contributed by atoms with Crippen molar-refractivity contribution in [3.8, 4) is 0 Å². The molecule has 2 heterocycles. The Morgan fingerprint density at radius 3 is 2.54 bits per heavy atom. The Hall–Kier alpha value is -3.82. The quantitative estimate of drug-likeness (QED) is 0.147. The van der Waals surface area contributed by atoms with Gasteiger partial charge in [0.15, 0.2) is 5.78 Å². The molecule has 0 aliphatic heterocycles. The molecule has 0 bridgehead atoms. The number of hydrogen-bond acceptors (Lipinski definition) is 5. The smallest absolute Gasteiger partial charge is 0.409 e. The van der Waals surface area contributed by atoms with E-state index in [2.05, 4.69) is 29.9 Å². The van der Waals surface area contributed by atoms with Gasteiger partial charge in [-0.1, -0.05) is 50.0 Å². The lowest BCUT2D eigenvalue weighted by atomic mass is 10.0. The third-order valence-electron chi connectivity index (χ3n) is 6.02. The maximum atomic E-state index is 13.3. The number of amides is 1. The second-order valence-corrected chi connectivity index (χ2v) is 15.8. The van der Waals surface area contributed by atoms with Crippen LogP contribution in [-0.4, -0.2) is 46.4 Å². The van der Waals surface area contributed by atoms with Crippen LogP contribution in [0.15, 0.2) is 66.9 Å². The van der Waals surface area contributed by atoms with Crippen LogP contribution in [0.1, 0.15) is 27.3 Å². The van der Waals surface area contributed by atoms with Gasteiger partial charge in [-0.15, -0.1) is 0 Å². The van der Waals surface area contributed by atoms with Crippen molar-refractivity contribution in [1.29, 1.82) is 0 Å². The van der Waals surface area contributed by atoms with Gasteiger partial charge in [0, 0.05) is 48.8 Å². The third kappa shape index (κ3) is 7.11. The molecule has 0 unspecified atom stereocenters. The highest BCUT2D eigenvalue weighted by Gasteiger charge is 2.17. The molecule has 8 nitrogen and oxygen atoms in total. The predicted octanol–water partition coefficient (Wildman–Crippen LogP) is 5.85. The number of pyridine rings is 1. The molecule has 0 fully saturated rings. The highest BCUT2D eigenvalue weighted by molar-refractivity contribution is 6.76. The Bertz CT molecular complexity index is 1400. The van der Waals surface area contributed by atoms with E-state index in [1.807, 2.05) is 35.0 Å². The maximum Gasteiger partial charge on any atom is 0.409 e. The summed E-state index contributed by atoms with van der Waals surface area (Å²) >= 11 is 0. The first-order chi connectivity index (χ1) is 17.7. The average Bonchev–Trinajstić information content (AvgIpc) is 3.21. The normalized spacial score (nSPS) is 11.5. The van der Waals surface area contributed by atoms with Crippen molar-refractivity contribution in [3.63, 3.8) is 0 Å². The molecule has 0 radical (unpaired) electrons. The number of carbonyl (C=O) groups excluding carboxylic acids is 1. The van der Waals surface area contributed by atoms with E-state index in [4.69, 9.17) is 14.9 Å². The average molecular weight is 517 g/mol. The fourth-order valence-electron chi connectivity index (χ4n) is 4.02. The number of nitrogens with zero attached hydrogens (tertiary/aromatic N) is 3. The highest BCUT2D eigenvalue weighted by Crippen LogP contribution is 2.24. The molecule has 192 valence electrons. The van der Waals surface area contributed by atoms with Crippen molar-refractivity contribution < 1.29 is 19.4 Å². The molecule has 2 aromatic heterocycles. The van der Waals surface area contributed by atoms with Gasteiger partial charge in [-0.05, 0) is 49.2 Å². The number of hydrogen-bond donors (Lipinski definition) is 2. The summed E-state index contributed by atoms with van der Waals surface area (Å²) in [4.78, 5) is 28.7. The number of ether oxygens (including phenoxy) is 1. The number of carbonyl (C=O) groups is 2. The van der Waals surface area contributed by atoms with E-state index >= 15 is 0 Å². The van der Waals surface area contributed by atoms with E-state index in [1.54, 1.807) is 30.5 Å². The summed E-state index contributed by atoms with van der Waals surface area (Å²) in [5.74, 6) is -0.196. The van der Waals surface area contributed by atoms with E-state index in [1.165, 1.54) is 6.07 Å². The molecule has 37 heavy (non-hydrogen) atoms. The van der Waals surface area contributed by atoms with Crippen LogP contribution in [-0.2, 0) is 24.3 Å². The summed E-state index contributed by atoms with van der Waals surface area (Å²) in [5.41, 5.74) is 4.00. The van der Waals surface area contributed by atoms with Crippen LogP contribution in [0, 0.1) is 0 Å². The van der Waals surface area contributed by atoms with Crippen molar-refractivity contribution in [2.24, 2.45) is 0 Å². The number of rotatable bonds is 11. The zero-order valence-corrected chi connectivity index (χ0v) is 22.4. The van der Waals surface area contributed by atoms with Crippen LogP contribution in [0.3, 0.4) is 0 Å². The Morgan fingerprint density at radius 2 is 1.81 bits per heavy atom. The third-order valence-corrected chi connectivity index (χ3v) is 7.72. The van der Waals surface area contributed by atoms with Crippen molar-refractivity contribution in [3.05, 3.63) is 89.4 Å². The maximum absolute atomic E-state index is 13.3. The van der Waals surface area contributed by atoms with Crippen LogP contribution in [0.25, 0.3) is 10.9 Å². The van der Waals surface area contributed by atoms with Gasteiger partial charge >= 0.3 is 6.09 Å². The molecular weight excluding hydrogens is 484 g/mol. The molecule has 0 aliphatic rings. The summed E-state index contributed by atoms with van der Waals surface area (Å²) in [6, 6.07) is 19.0. The largest absolute Gasteiger partial charge is 0.465 e. The van der Waals surface area contributed by atoms with E-state index in [0.717, 1.165) is 34.8 Å². The van der Waals surface area contributed by atoms with E-state index in [-0.39, 0.29) is 5.78 Å². The van der Waals surface area contributed by atoms with Crippen LogP contribution >= 0.6 is 0 Å². The standard InChI is InChI=1S/C28H32N4O4Si/c1-37(2,3)16-15-36-19-32-26-18-21(27(33)20-7-6-9-23(17-20)30-28(34)35)10-12-24(26)25(31-32)13-11-22-8-4-5-14-29-22/h4-10,12,14,17-18,30H,11,13,15-16,19H2,1-3H3,(H,34,35). The van der Waals surface area contributed by atoms with Crippen molar-refractivity contribution in [2.75, 3.05) is 11.9 Å². The van der Waals surface area contributed by atoms with Gasteiger partial charge < -0.3 is 9.84 Å². The lowest BCUT2D eigenvalue weighted by molar-refractivity contribution is 0.0813. The van der Waals surface area contributed by atoms with E-state index in [0.29, 0.717) is 36.6 Å². The second-order valence-electron chi connectivity index (χ2n) is 10.2. The zero-order chi connectivity index (χ0) is 26.4. The van der Waals surface area contributed by atoms with Crippen LogP contribution in [0.4, 0.5) is 10.5 Å². The van der Waals surface area contributed by atoms with Gasteiger partial charge in [-0.2, -0.15) is 5.10 Å². The summed E-state index contributed by atoms with van der Waals surface area (Å²) in [6.45, 7) is 7.92. The van der Waals surface area contributed by atoms with Gasteiger partial charge in [-0.3, -0.25) is 15.1 Å². The first-order valence-corrected chi connectivity index (χ1v) is 16.0. The SMILES string of the molecule is C[Si](C)(C)CCOCn1nc(CCc2ccccn2)c2ccc(C(=O)c3cccc(NC(=O)O)c3)cc21. The monoisotopic (exact) mass is 516 g/mol. The molecule has 4 aromatic rings. The molecule has 9 heteroatoms. The number of aryl methyl sites for hydroxylation is 2. The van der Waals surface area contributed by atoms with E-state index < -0.39 is 14.2 Å². The Labute approximate surface area is 217 Å². The van der Waals surface area contributed by atoms with Gasteiger partial charge in [0.05, 0.1) is 11.2 Å². The zero-order valence-electron chi connectivity index (χ0n) is 21.4. The molecule has 1 amide bonds. The van der Waals surface area contributed by atoms with E-state index in [9.17, 15) is 9.59 Å². The number of ketones is 1. The lowest BCUT2D eigenvalue weighted by Gasteiger charge is -2.15. The fraction of sp³-hybridized carbons (Fsp3) is 0.286. The predicted molar refractivity (Wildman–Crippen MR) is 147 cm³/mol.